The van der Waals surface area contributed by atoms with E-state index in [1.54, 1.807) is 42.6 Å². The van der Waals surface area contributed by atoms with Crippen molar-refractivity contribution in [1.82, 2.24) is 4.98 Å². The highest BCUT2D eigenvalue weighted by atomic mass is 16.5. The number of carbonyl (C=O) groups excluding carboxylic acids is 1. The zero-order chi connectivity index (χ0) is 16.7. The maximum Gasteiger partial charge on any atom is 0.255 e. The molecule has 1 aromatic heterocycles. The highest BCUT2D eigenvalue weighted by Gasteiger charge is 2.10. The Balaban J connectivity index is 2.10. The first-order valence-electron chi connectivity index (χ1n) is 7.01. The number of rotatable bonds is 7. The topological polar surface area (TPSA) is 72.5 Å². The van der Waals surface area contributed by atoms with Crippen molar-refractivity contribution < 1.29 is 14.3 Å². The van der Waals surface area contributed by atoms with Crippen LogP contribution in [0.2, 0.25) is 0 Å². The SMILES string of the molecule is C=CCNc1ccc(NC(=O)c2cc(OC)cc(OC)c2)cn1. The number of nitrogens with one attached hydrogen (secondary N) is 2. The Morgan fingerprint density at radius 3 is 2.43 bits per heavy atom. The van der Waals surface area contributed by atoms with Gasteiger partial charge < -0.3 is 20.1 Å². The average Bonchev–Trinajstić information content (AvgIpc) is 2.60. The van der Waals surface area contributed by atoms with Crippen molar-refractivity contribution in [2.24, 2.45) is 0 Å². The lowest BCUT2D eigenvalue weighted by Gasteiger charge is -2.09. The van der Waals surface area contributed by atoms with E-state index in [0.717, 1.165) is 0 Å². The molecule has 0 unspecified atom stereocenters. The van der Waals surface area contributed by atoms with Gasteiger partial charge in [0.1, 0.15) is 17.3 Å². The molecular formula is C17H19N3O3. The molecule has 6 nitrogen and oxygen atoms in total. The molecule has 0 aliphatic rings. The summed E-state index contributed by atoms with van der Waals surface area (Å²) in [4.78, 5) is 16.5. The fourth-order valence-electron chi connectivity index (χ4n) is 1.89. The van der Waals surface area contributed by atoms with Crippen molar-refractivity contribution in [3.63, 3.8) is 0 Å². The quantitative estimate of drug-likeness (QED) is 0.769. The molecule has 0 aliphatic heterocycles. The highest BCUT2D eigenvalue weighted by Crippen LogP contribution is 2.23. The lowest BCUT2D eigenvalue weighted by molar-refractivity contribution is 0.102. The first-order chi connectivity index (χ1) is 11.2. The van der Waals surface area contributed by atoms with Crippen molar-refractivity contribution in [2.75, 3.05) is 31.4 Å². The van der Waals surface area contributed by atoms with Crippen LogP contribution in [0, 0.1) is 0 Å². The second-order valence-corrected chi connectivity index (χ2v) is 4.66. The van der Waals surface area contributed by atoms with Gasteiger partial charge in [0.25, 0.3) is 5.91 Å². The Bertz CT molecular complexity index is 662. The number of ether oxygens (including phenoxy) is 2. The van der Waals surface area contributed by atoms with Crippen LogP contribution in [0.5, 0.6) is 11.5 Å². The van der Waals surface area contributed by atoms with E-state index in [-0.39, 0.29) is 5.91 Å². The van der Waals surface area contributed by atoms with Crippen molar-refractivity contribution in [2.45, 2.75) is 0 Å². The van der Waals surface area contributed by atoms with Gasteiger partial charge in [0.05, 0.1) is 26.1 Å². The van der Waals surface area contributed by atoms with Gasteiger partial charge in [0.15, 0.2) is 0 Å². The number of nitrogens with zero attached hydrogens (tertiary/aromatic N) is 1. The number of benzene rings is 1. The minimum Gasteiger partial charge on any atom is -0.497 e. The summed E-state index contributed by atoms with van der Waals surface area (Å²) < 4.78 is 10.3. The fraction of sp³-hybridized carbons (Fsp3) is 0.176. The Hall–Kier alpha value is -3.02. The summed E-state index contributed by atoms with van der Waals surface area (Å²) in [5, 5.41) is 5.85. The van der Waals surface area contributed by atoms with Gasteiger partial charge >= 0.3 is 0 Å². The molecular weight excluding hydrogens is 294 g/mol. The first-order valence-corrected chi connectivity index (χ1v) is 7.01. The van der Waals surface area contributed by atoms with Crippen LogP contribution in [0.4, 0.5) is 11.5 Å². The molecule has 0 spiro atoms. The summed E-state index contributed by atoms with van der Waals surface area (Å²) in [5.74, 6) is 1.55. The van der Waals surface area contributed by atoms with E-state index in [2.05, 4.69) is 22.2 Å². The van der Waals surface area contributed by atoms with Gasteiger partial charge in [-0.15, -0.1) is 6.58 Å². The lowest BCUT2D eigenvalue weighted by Crippen LogP contribution is -2.12. The number of methoxy groups -OCH3 is 2. The maximum absolute atomic E-state index is 12.3. The molecule has 1 heterocycles. The molecule has 0 aliphatic carbocycles. The molecule has 2 N–H and O–H groups in total. The number of amides is 1. The van der Waals surface area contributed by atoms with Crippen LogP contribution in [0.25, 0.3) is 0 Å². The molecule has 0 fully saturated rings. The molecule has 23 heavy (non-hydrogen) atoms. The molecule has 6 heteroatoms. The van der Waals surface area contributed by atoms with Gasteiger partial charge in [-0.3, -0.25) is 4.79 Å². The second-order valence-electron chi connectivity index (χ2n) is 4.66. The normalized spacial score (nSPS) is 9.83. The van der Waals surface area contributed by atoms with E-state index < -0.39 is 0 Å². The molecule has 0 radical (unpaired) electrons. The van der Waals surface area contributed by atoms with Gasteiger partial charge in [-0.1, -0.05) is 6.08 Å². The average molecular weight is 313 g/mol. The van der Waals surface area contributed by atoms with Crippen molar-refractivity contribution in [3.05, 3.63) is 54.7 Å². The number of aromatic nitrogens is 1. The first kappa shape index (κ1) is 16.4. The predicted octanol–water partition coefficient (Wildman–Crippen LogP) is 2.95. The van der Waals surface area contributed by atoms with Gasteiger partial charge in [-0.2, -0.15) is 0 Å². The van der Waals surface area contributed by atoms with Crippen LogP contribution in [0.1, 0.15) is 10.4 Å². The molecule has 0 saturated carbocycles. The minimum atomic E-state index is -0.268. The summed E-state index contributed by atoms with van der Waals surface area (Å²) in [6.45, 7) is 4.25. The number of hydrogen-bond acceptors (Lipinski definition) is 5. The minimum absolute atomic E-state index is 0.268. The van der Waals surface area contributed by atoms with Gasteiger partial charge in [-0.05, 0) is 24.3 Å². The van der Waals surface area contributed by atoms with Crippen LogP contribution in [-0.4, -0.2) is 31.7 Å². The number of pyridine rings is 1. The van der Waals surface area contributed by atoms with E-state index in [1.165, 1.54) is 14.2 Å². The standard InChI is InChI=1S/C17H19N3O3/c1-4-7-18-16-6-5-13(11-19-16)20-17(21)12-8-14(22-2)10-15(9-12)23-3/h4-6,8-11H,1,7H2,2-3H3,(H,18,19)(H,20,21). The number of carbonyl (C=O) groups is 1. The smallest absolute Gasteiger partial charge is 0.255 e. The van der Waals surface area contributed by atoms with Crippen molar-refractivity contribution >= 4 is 17.4 Å². The molecule has 2 aromatic rings. The Kier molecular flexibility index (Phi) is 5.57. The summed E-state index contributed by atoms with van der Waals surface area (Å²) in [7, 11) is 3.07. The largest absolute Gasteiger partial charge is 0.497 e. The van der Waals surface area contributed by atoms with Crippen LogP contribution in [0.3, 0.4) is 0 Å². The molecule has 1 aromatic carbocycles. The molecule has 0 saturated heterocycles. The summed E-state index contributed by atoms with van der Waals surface area (Å²) in [6.07, 6.45) is 3.33. The third kappa shape index (κ3) is 4.47. The molecule has 120 valence electrons. The molecule has 2 rings (SSSR count). The van der Waals surface area contributed by atoms with Crippen molar-refractivity contribution in [3.8, 4) is 11.5 Å². The summed E-state index contributed by atoms with van der Waals surface area (Å²) >= 11 is 0. The zero-order valence-corrected chi connectivity index (χ0v) is 13.1. The lowest BCUT2D eigenvalue weighted by atomic mass is 10.2. The van der Waals surface area contributed by atoms with E-state index in [9.17, 15) is 4.79 Å². The predicted molar refractivity (Wildman–Crippen MR) is 90.4 cm³/mol. The van der Waals surface area contributed by atoms with Gasteiger partial charge in [0, 0.05) is 18.2 Å². The molecule has 0 bridgehead atoms. The van der Waals surface area contributed by atoms with Crippen LogP contribution < -0.4 is 20.1 Å². The zero-order valence-electron chi connectivity index (χ0n) is 13.1. The van der Waals surface area contributed by atoms with Crippen LogP contribution >= 0.6 is 0 Å². The number of hydrogen-bond donors (Lipinski definition) is 2. The summed E-state index contributed by atoms with van der Waals surface area (Å²) in [5.41, 5.74) is 1.04. The number of anilines is 2. The highest BCUT2D eigenvalue weighted by molar-refractivity contribution is 6.04. The third-order valence-electron chi connectivity index (χ3n) is 3.06. The van der Waals surface area contributed by atoms with E-state index in [4.69, 9.17) is 9.47 Å². The van der Waals surface area contributed by atoms with Crippen molar-refractivity contribution in [1.29, 1.82) is 0 Å². The Morgan fingerprint density at radius 2 is 1.91 bits per heavy atom. The van der Waals surface area contributed by atoms with Crippen LogP contribution in [0.15, 0.2) is 49.2 Å². The Morgan fingerprint density at radius 1 is 1.22 bits per heavy atom. The van der Waals surface area contributed by atoms with Gasteiger partial charge in [0.2, 0.25) is 0 Å². The Labute approximate surface area is 135 Å². The molecule has 1 amide bonds. The maximum atomic E-state index is 12.3. The fourth-order valence-corrected chi connectivity index (χ4v) is 1.89. The van der Waals surface area contributed by atoms with E-state index in [1.807, 2.05) is 0 Å². The molecule has 0 atom stereocenters. The second kappa shape index (κ2) is 7.84. The van der Waals surface area contributed by atoms with E-state index >= 15 is 0 Å². The van der Waals surface area contributed by atoms with Crippen LogP contribution in [-0.2, 0) is 0 Å². The van der Waals surface area contributed by atoms with E-state index in [0.29, 0.717) is 35.1 Å². The summed E-state index contributed by atoms with van der Waals surface area (Å²) in [6, 6.07) is 8.55. The monoisotopic (exact) mass is 313 g/mol. The third-order valence-corrected chi connectivity index (χ3v) is 3.06. The van der Waals surface area contributed by atoms with Gasteiger partial charge in [-0.25, -0.2) is 4.98 Å².